The third kappa shape index (κ3) is 4.19. The van der Waals surface area contributed by atoms with Crippen molar-refractivity contribution in [3.8, 4) is 22.5 Å². The third-order valence-electron chi connectivity index (χ3n) is 7.71. The van der Waals surface area contributed by atoms with Gasteiger partial charge in [-0.2, -0.15) is 5.10 Å². The first-order valence-electron chi connectivity index (χ1n) is 12.8. The number of amides is 2. The summed E-state index contributed by atoms with van der Waals surface area (Å²) < 4.78 is 47.1. The molecule has 1 saturated carbocycles. The molecule has 4 heterocycles. The van der Waals surface area contributed by atoms with E-state index in [0.717, 1.165) is 10.9 Å². The van der Waals surface area contributed by atoms with E-state index in [1.807, 2.05) is 23.9 Å². The van der Waals surface area contributed by atoms with Crippen LogP contribution in [-0.4, -0.2) is 54.8 Å². The molecule has 0 spiro atoms. The van der Waals surface area contributed by atoms with Crippen molar-refractivity contribution in [2.75, 3.05) is 13.6 Å². The van der Waals surface area contributed by atoms with Gasteiger partial charge in [-0.3, -0.25) is 9.67 Å². The summed E-state index contributed by atoms with van der Waals surface area (Å²) in [5, 5.41) is 8.24. The van der Waals surface area contributed by atoms with Crippen LogP contribution in [0.2, 0.25) is 0 Å². The topological polar surface area (TPSA) is 80.9 Å². The fourth-order valence-electron chi connectivity index (χ4n) is 5.68. The summed E-state index contributed by atoms with van der Waals surface area (Å²) in [5.74, 6) is -2.57. The first-order valence-corrected chi connectivity index (χ1v) is 12.8. The number of halogens is 3. The van der Waals surface area contributed by atoms with E-state index in [0.29, 0.717) is 59.8 Å². The summed E-state index contributed by atoms with van der Waals surface area (Å²) in [6, 6.07) is 4.78. The Morgan fingerprint density at radius 3 is 2.66 bits per heavy atom. The van der Waals surface area contributed by atoms with Gasteiger partial charge in [0.25, 0.3) is 0 Å². The molecule has 3 aromatic heterocycles. The van der Waals surface area contributed by atoms with Gasteiger partial charge in [0.1, 0.15) is 11.6 Å². The van der Waals surface area contributed by atoms with Crippen molar-refractivity contribution in [3.63, 3.8) is 0 Å². The molecule has 1 aliphatic heterocycles. The van der Waals surface area contributed by atoms with Crippen molar-refractivity contribution >= 4 is 16.8 Å². The molecule has 198 valence electrons. The molecule has 2 aliphatic rings. The molecular weight excluding hydrogens is 495 g/mol. The molecule has 11 heteroatoms. The molecule has 0 unspecified atom stereocenters. The Bertz CT molecular complexity index is 1530. The number of carbonyl (C=O) groups excluding carboxylic acids is 1. The highest BCUT2D eigenvalue weighted by Crippen LogP contribution is 2.43. The highest BCUT2D eigenvalue weighted by atomic mass is 19.3. The Kier molecular flexibility index (Phi) is 5.88. The van der Waals surface area contributed by atoms with Crippen LogP contribution in [0.3, 0.4) is 0 Å². The zero-order chi connectivity index (χ0) is 26.6. The average molecular weight is 524 g/mol. The van der Waals surface area contributed by atoms with Crippen LogP contribution in [0.4, 0.5) is 18.0 Å². The predicted octanol–water partition coefficient (Wildman–Crippen LogP) is 5.09. The molecular formula is C27H28F3N7O. The zero-order valence-electron chi connectivity index (χ0n) is 21.2. The number of nitrogens with zero attached hydrogens (tertiary/aromatic N) is 6. The molecule has 1 fully saturated rings. The number of alkyl halides is 2. The maximum Gasteiger partial charge on any atom is 0.317 e. The Hall–Kier alpha value is -3.89. The van der Waals surface area contributed by atoms with Crippen LogP contribution in [0.1, 0.15) is 43.1 Å². The Morgan fingerprint density at radius 2 is 1.95 bits per heavy atom. The molecule has 38 heavy (non-hydrogen) atoms. The summed E-state index contributed by atoms with van der Waals surface area (Å²) >= 11 is 0. The monoisotopic (exact) mass is 523 g/mol. The second-order valence-corrected chi connectivity index (χ2v) is 10.1. The number of aromatic nitrogens is 5. The number of benzene rings is 1. The van der Waals surface area contributed by atoms with Gasteiger partial charge in [0.15, 0.2) is 0 Å². The lowest BCUT2D eigenvalue weighted by Crippen LogP contribution is -2.43. The molecule has 6 rings (SSSR count). The number of urea groups is 1. The van der Waals surface area contributed by atoms with Crippen LogP contribution in [0.25, 0.3) is 33.3 Å². The summed E-state index contributed by atoms with van der Waals surface area (Å²) in [4.78, 5) is 23.6. The number of aryl methyl sites for hydroxylation is 1. The number of nitrogens with one attached hydrogen (secondary N) is 1. The van der Waals surface area contributed by atoms with Crippen molar-refractivity contribution in [1.29, 1.82) is 0 Å². The predicted molar refractivity (Wildman–Crippen MR) is 136 cm³/mol. The minimum absolute atomic E-state index is 0.151. The standard InChI is InChI=1S/C27H28F3N7O/c1-31-26(38)36-9-10-37-22(15-36)24(34-25(37)16-5-7-27(29,30)8-6-16)23-19-13-32-21(18-12-33-35(2)14-18)11-17(19)3-4-20(23)28/h3-4,11-14,16H,5-10,15H2,1-2H3,(H,31,38). The van der Waals surface area contributed by atoms with Crippen LogP contribution >= 0.6 is 0 Å². The van der Waals surface area contributed by atoms with Crippen molar-refractivity contribution in [1.82, 2.24) is 34.5 Å². The smallest absolute Gasteiger partial charge is 0.317 e. The van der Waals surface area contributed by atoms with Crippen molar-refractivity contribution in [2.45, 2.75) is 50.6 Å². The maximum atomic E-state index is 15.6. The Morgan fingerprint density at radius 1 is 1.16 bits per heavy atom. The van der Waals surface area contributed by atoms with Gasteiger partial charge in [0.05, 0.1) is 29.8 Å². The summed E-state index contributed by atoms with van der Waals surface area (Å²) in [7, 11) is 3.39. The molecule has 1 aromatic carbocycles. The highest BCUT2D eigenvalue weighted by molar-refractivity contribution is 5.97. The normalized spacial score (nSPS) is 17.6. The summed E-state index contributed by atoms with van der Waals surface area (Å²) in [6.45, 7) is 1.15. The lowest BCUT2D eigenvalue weighted by molar-refractivity contribution is -0.0390. The summed E-state index contributed by atoms with van der Waals surface area (Å²) in [5.41, 5.74) is 3.00. The Labute approximate surface area is 217 Å². The molecule has 8 nitrogen and oxygen atoms in total. The van der Waals surface area contributed by atoms with E-state index in [1.54, 1.807) is 35.1 Å². The quantitative estimate of drug-likeness (QED) is 0.406. The molecule has 2 amide bonds. The van der Waals surface area contributed by atoms with Crippen LogP contribution < -0.4 is 5.32 Å². The van der Waals surface area contributed by atoms with Gasteiger partial charge in [-0.15, -0.1) is 0 Å². The number of carbonyl (C=O) groups is 1. The van der Waals surface area contributed by atoms with Gasteiger partial charge in [-0.05, 0) is 30.4 Å². The van der Waals surface area contributed by atoms with E-state index in [4.69, 9.17) is 4.98 Å². The minimum atomic E-state index is -2.66. The van der Waals surface area contributed by atoms with E-state index in [2.05, 4.69) is 15.4 Å². The lowest BCUT2D eigenvalue weighted by atomic mass is 9.86. The molecule has 4 aromatic rings. The molecule has 1 aliphatic carbocycles. The average Bonchev–Trinajstić information content (AvgIpc) is 3.51. The number of imidazole rings is 1. The number of pyridine rings is 1. The second kappa shape index (κ2) is 9.14. The number of hydrogen-bond donors (Lipinski definition) is 1. The number of hydrogen-bond acceptors (Lipinski definition) is 4. The van der Waals surface area contributed by atoms with Crippen LogP contribution in [-0.2, 0) is 20.1 Å². The maximum absolute atomic E-state index is 15.6. The minimum Gasteiger partial charge on any atom is -0.341 e. The summed E-state index contributed by atoms with van der Waals surface area (Å²) in [6.07, 6.45) is 5.47. The van der Waals surface area contributed by atoms with Crippen LogP contribution in [0, 0.1) is 5.82 Å². The zero-order valence-corrected chi connectivity index (χ0v) is 21.2. The molecule has 0 bridgehead atoms. The number of fused-ring (bicyclic) bond motifs is 2. The van der Waals surface area contributed by atoms with Gasteiger partial charge in [-0.1, -0.05) is 6.07 Å². The molecule has 0 atom stereocenters. The van der Waals surface area contributed by atoms with E-state index >= 15 is 4.39 Å². The van der Waals surface area contributed by atoms with Gasteiger partial charge in [-0.25, -0.2) is 22.9 Å². The van der Waals surface area contributed by atoms with Gasteiger partial charge in [0, 0.05) is 74.9 Å². The molecule has 1 N–H and O–H groups in total. The van der Waals surface area contributed by atoms with Crippen molar-refractivity contribution < 1.29 is 18.0 Å². The Balaban J connectivity index is 1.49. The second-order valence-electron chi connectivity index (χ2n) is 10.1. The van der Waals surface area contributed by atoms with E-state index in [9.17, 15) is 13.6 Å². The fourth-order valence-corrected chi connectivity index (χ4v) is 5.68. The van der Waals surface area contributed by atoms with Gasteiger partial charge < -0.3 is 14.8 Å². The van der Waals surface area contributed by atoms with E-state index < -0.39 is 11.7 Å². The third-order valence-corrected chi connectivity index (χ3v) is 7.71. The van der Waals surface area contributed by atoms with Gasteiger partial charge in [0.2, 0.25) is 5.92 Å². The largest absolute Gasteiger partial charge is 0.341 e. The lowest BCUT2D eigenvalue weighted by Gasteiger charge is -2.32. The number of rotatable bonds is 3. The molecule has 0 saturated heterocycles. The van der Waals surface area contributed by atoms with Crippen molar-refractivity contribution in [2.24, 2.45) is 7.05 Å². The highest BCUT2D eigenvalue weighted by Gasteiger charge is 2.39. The van der Waals surface area contributed by atoms with Crippen molar-refractivity contribution in [3.05, 3.63) is 54.1 Å². The SMILES string of the molecule is CNC(=O)N1CCn2c(C3CCC(F)(F)CC3)nc(-c3c(F)ccc4cc(-c5cnn(C)c5)ncc34)c2C1. The van der Waals surface area contributed by atoms with Crippen LogP contribution in [0.15, 0.2) is 36.8 Å². The fraction of sp³-hybridized carbons (Fsp3) is 0.407. The van der Waals surface area contributed by atoms with Gasteiger partial charge >= 0.3 is 6.03 Å². The first kappa shape index (κ1) is 24.4. The van der Waals surface area contributed by atoms with E-state index in [-0.39, 0.29) is 31.3 Å². The van der Waals surface area contributed by atoms with E-state index in [1.165, 1.54) is 6.07 Å². The first-order chi connectivity index (χ1) is 18.2. The molecule has 0 radical (unpaired) electrons. The van der Waals surface area contributed by atoms with Crippen LogP contribution in [0.5, 0.6) is 0 Å².